The van der Waals surface area contributed by atoms with E-state index in [1.165, 1.54) is 5.20 Å². The lowest BCUT2D eigenvalue weighted by molar-refractivity contribution is 0.426. The smallest absolute Gasteiger partial charge is 0.242 e. The molecule has 0 fully saturated rings. The third kappa shape index (κ3) is 6.24. The number of allylic oxidation sites excluding steroid dienone is 1. The molecule has 3 heteroatoms. The Kier molecular flexibility index (Phi) is 4.44. The van der Waals surface area contributed by atoms with E-state index >= 15 is 0 Å². The topological polar surface area (TPSA) is 9.23 Å². The van der Waals surface area contributed by atoms with Crippen LogP contribution in [0.4, 0.5) is 0 Å². The van der Waals surface area contributed by atoms with Gasteiger partial charge in [-0.2, -0.15) is 0 Å². The minimum absolute atomic E-state index is 0.962. The Labute approximate surface area is 91.0 Å². The molecule has 82 valence electrons. The van der Waals surface area contributed by atoms with Gasteiger partial charge in [-0.05, 0) is 38.7 Å². The molecule has 14 heavy (non-hydrogen) atoms. The Bertz CT molecular complexity index is 260. The SMILES string of the molecule is CC(=C=C(C)[Si](C)(C)C)O[Si](C)(C)C. The van der Waals surface area contributed by atoms with Crippen molar-refractivity contribution in [3.63, 3.8) is 0 Å². The Morgan fingerprint density at radius 3 is 1.64 bits per heavy atom. The predicted molar refractivity (Wildman–Crippen MR) is 69.7 cm³/mol. The van der Waals surface area contributed by atoms with Crippen LogP contribution in [0.2, 0.25) is 39.3 Å². The van der Waals surface area contributed by atoms with Gasteiger partial charge >= 0.3 is 0 Å². The molecule has 0 aromatic rings. The molecule has 0 bridgehead atoms. The summed E-state index contributed by atoms with van der Waals surface area (Å²) < 4.78 is 5.85. The second-order valence-electron chi connectivity index (χ2n) is 5.77. The largest absolute Gasteiger partial charge is 0.542 e. The Balaban J connectivity index is 4.83. The first-order valence-electron chi connectivity index (χ1n) is 5.16. The van der Waals surface area contributed by atoms with E-state index in [9.17, 15) is 0 Å². The van der Waals surface area contributed by atoms with Crippen LogP contribution in [0.3, 0.4) is 0 Å². The summed E-state index contributed by atoms with van der Waals surface area (Å²) in [4.78, 5) is 0. The summed E-state index contributed by atoms with van der Waals surface area (Å²) in [7, 11) is -2.62. The summed E-state index contributed by atoms with van der Waals surface area (Å²) in [5.74, 6) is 0.962. The highest BCUT2D eigenvalue weighted by Gasteiger charge is 2.17. The lowest BCUT2D eigenvalue weighted by atomic mass is 10.5. The average Bonchev–Trinajstić information content (AvgIpc) is 1.79. The fourth-order valence-electron chi connectivity index (χ4n) is 0.936. The van der Waals surface area contributed by atoms with E-state index in [1.807, 2.05) is 6.92 Å². The minimum Gasteiger partial charge on any atom is -0.542 e. The molecule has 0 amide bonds. The zero-order valence-electron chi connectivity index (χ0n) is 10.9. The van der Waals surface area contributed by atoms with Gasteiger partial charge in [0.05, 0.1) is 8.07 Å². The molecule has 0 spiro atoms. The lowest BCUT2D eigenvalue weighted by Crippen LogP contribution is -2.25. The van der Waals surface area contributed by atoms with Crippen molar-refractivity contribution in [3.8, 4) is 0 Å². The standard InChI is InChI=1S/C11H24OSi2/c1-10(12-14(6,7)8)9-11(2)13(3,4)5/h1-8H3. The molecule has 0 saturated heterocycles. The summed E-state index contributed by atoms with van der Waals surface area (Å²) in [6.07, 6.45) is 0. The molecule has 0 unspecified atom stereocenters. The molecular formula is C11H24OSi2. The van der Waals surface area contributed by atoms with Gasteiger partial charge in [-0.25, -0.2) is 0 Å². The maximum Gasteiger partial charge on any atom is 0.242 e. The van der Waals surface area contributed by atoms with Crippen LogP contribution in [0.25, 0.3) is 0 Å². The van der Waals surface area contributed by atoms with Crippen molar-refractivity contribution in [2.24, 2.45) is 0 Å². The molecule has 0 atom stereocenters. The highest BCUT2D eigenvalue weighted by Crippen LogP contribution is 2.14. The maximum atomic E-state index is 5.85. The number of hydrogen-bond acceptors (Lipinski definition) is 1. The van der Waals surface area contributed by atoms with Crippen molar-refractivity contribution >= 4 is 16.4 Å². The lowest BCUT2D eigenvalue weighted by Gasteiger charge is -2.19. The van der Waals surface area contributed by atoms with E-state index in [4.69, 9.17) is 4.43 Å². The fraction of sp³-hybridized carbons (Fsp3) is 0.727. The molecule has 0 radical (unpaired) electrons. The summed E-state index contributed by atoms with van der Waals surface area (Å²) >= 11 is 0. The van der Waals surface area contributed by atoms with Gasteiger partial charge in [0, 0.05) is 0 Å². The molecule has 0 aliphatic heterocycles. The molecule has 0 aliphatic carbocycles. The van der Waals surface area contributed by atoms with E-state index in [-0.39, 0.29) is 0 Å². The van der Waals surface area contributed by atoms with E-state index < -0.39 is 16.4 Å². The first kappa shape index (κ1) is 13.8. The first-order valence-corrected chi connectivity index (χ1v) is 12.1. The highest BCUT2D eigenvalue weighted by molar-refractivity contribution is 6.82. The Morgan fingerprint density at radius 2 is 1.36 bits per heavy atom. The molecular weight excluding hydrogens is 204 g/mol. The van der Waals surface area contributed by atoms with Crippen LogP contribution >= 0.6 is 0 Å². The third-order valence-electron chi connectivity index (χ3n) is 1.95. The van der Waals surface area contributed by atoms with Gasteiger partial charge in [0.2, 0.25) is 8.32 Å². The van der Waals surface area contributed by atoms with Gasteiger partial charge in [0.25, 0.3) is 0 Å². The van der Waals surface area contributed by atoms with Crippen LogP contribution in [0.15, 0.2) is 16.7 Å². The van der Waals surface area contributed by atoms with Crippen molar-refractivity contribution in [1.29, 1.82) is 0 Å². The predicted octanol–water partition coefficient (Wildman–Crippen LogP) is 4.16. The van der Waals surface area contributed by atoms with Crippen LogP contribution < -0.4 is 0 Å². The van der Waals surface area contributed by atoms with Gasteiger partial charge < -0.3 is 4.43 Å². The summed E-state index contributed by atoms with van der Waals surface area (Å²) in [6, 6.07) is 0. The molecule has 1 nitrogen and oxygen atoms in total. The second-order valence-corrected chi connectivity index (χ2v) is 15.4. The first-order chi connectivity index (χ1) is 6.02. The van der Waals surface area contributed by atoms with Crippen molar-refractivity contribution in [2.45, 2.75) is 53.1 Å². The summed E-state index contributed by atoms with van der Waals surface area (Å²) in [5.41, 5.74) is 3.38. The van der Waals surface area contributed by atoms with Crippen molar-refractivity contribution in [3.05, 3.63) is 16.7 Å². The Hall–Kier alpha value is -0.246. The second kappa shape index (κ2) is 4.52. The van der Waals surface area contributed by atoms with Crippen LogP contribution in [-0.4, -0.2) is 16.4 Å². The van der Waals surface area contributed by atoms with Crippen molar-refractivity contribution in [2.75, 3.05) is 0 Å². The van der Waals surface area contributed by atoms with Gasteiger partial charge in [-0.3, -0.25) is 0 Å². The van der Waals surface area contributed by atoms with Crippen LogP contribution in [-0.2, 0) is 4.43 Å². The van der Waals surface area contributed by atoms with E-state index in [1.54, 1.807) is 0 Å². The minimum atomic E-state index is -1.44. The van der Waals surface area contributed by atoms with E-state index in [0.29, 0.717) is 0 Å². The zero-order chi connectivity index (χ0) is 11.6. The maximum absolute atomic E-state index is 5.85. The van der Waals surface area contributed by atoms with Gasteiger partial charge in [0.15, 0.2) is 0 Å². The molecule has 0 saturated carbocycles. The average molecular weight is 228 g/mol. The van der Waals surface area contributed by atoms with Gasteiger partial charge in [0.1, 0.15) is 5.76 Å². The molecule has 0 N–H and O–H groups in total. The molecule has 0 rings (SSSR count). The van der Waals surface area contributed by atoms with Crippen LogP contribution in [0.1, 0.15) is 13.8 Å². The van der Waals surface area contributed by atoms with E-state index in [0.717, 1.165) is 5.76 Å². The molecule has 0 aliphatic rings. The van der Waals surface area contributed by atoms with Crippen molar-refractivity contribution < 1.29 is 4.43 Å². The van der Waals surface area contributed by atoms with E-state index in [2.05, 4.69) is 51.9 Å². The van der Waals surface area contributed by atoms with Crippen LogP contribution in [0.5, 0.6) is 0 Å². The number of hydrogen-bond donors (Lipinski definition) is 0. The monoisotopic (exact) mass is 228 g/mol. The summed E-state index contributed by atoms with van der Waals surface area (Å²) in [6.45, 7) is 17.8. The third-order valence-corrected chi connectivity index (χ3v) is 5.24. The number of rotatable bonds is 3. The summed E-state index contributed by atoms with van der Waals surface area (Å²) in [5, 5.41) is 1.38. The zero-order valence-corrected chi connectivity index (χ0v) is 12.9. The fourth-order valence-corrected chi connectivity index (χ4v) is 2.46. The molecule has 0 aromatic carbocycles. The highest BCUT2D eigenvalue weighted by atomic mass is 28.4. The normalized spacial score (nSPS) is 12.0. The van der Waals surface area contributed by atoms with Crippen LogP contribution in [0, 0.1) is 0 Å². The van der Waals surface area contributed by atoms with Crippen molar-refractivity contribution in [1.82, 2.24) is 0 Å². The van der Waals surface area contributed by atoms with Gasteiger partial charge in [-0.1, -0.05) is 25.4 Å². The molecule has 0 aromatic heterocycles. The van der Waals surface area contributed by atoms with Gasteiger partial charge in [-0.15, -0.1) is 0 Å². The Morgan fingerprint density at radius 1 is 0.929 bits per heavy atom. The quantitative estimate of drug-likeness (QED) is 0.400. The molecule has 0 heterocycles.